The first-order valence-electron chi connectivity index (χ1n) is 4.96. The number of aryl methyl sites for hydroxylation is 2. The van der Waals surface area contributed by atoms with E-state index in [-0.39, 0.29) is 0 Å². The molecular weight excluding hydrogens is 241 g/mol. The van der Waals surface area contributed by atoms with Gasteiger partial charge in [0.15, 0.2) is 0 Å². The van der Waals surface area contributed by atoms with Crippen molar-refractivity contribution in [3.05, 3.63) is 41.0 Å². The third kappa shape index (κ3) is 2.74. The Morgan fingerprint density at radius 3 is 2.71 bits per heavy atom. The molecule has 2 rings (SSSR count). The summed E-state index contributed by atoms with van der Waals surface area (Å²) in [6.45, 7) is 3.65. The Labute approximate surface area is 102 Å². The number of nitrogens with zero attached hydrogens (tertiary/aromatic N) is 1. The van der Waals surface area contributed by atoms with Crippen LogP contribution in [0, 0.1) is 19.7 Å². The molecule has 17 heavy (non-hydrogen) atoms. The molecule has 1 aromatic carbocycles. The highest BCUT2D eigenvalue weighted by molar-refractivity contribution is 7.99. The van der Waals surface area contributed by atoms with Crippen LogP contribution in [-0.4, -0.2) is 11.3 Å². The van der Waals surface area contributed by atoms with Crippen molar-refractivity contribution < 1.29 is 13.6 Å². The van der Waals surface area contributed by atoms with E-state index in [0.717, 1.165) is 11.5 Å². The SMILES string of the molecule is Cc1nc(Sc2cc(F)cc(C=O)c2)oc1C. The Bertz CT molecular complexity index is 546. The lowest BCUT2D eigenvalue weighted by Crippen LogP contribution is -1.84. The quantitative estimate of drug-likeness (QED) is 0.784. The van der Waals surface area contributed by atoms with Crippen LogP contribution < -0.4 is 0 Å². The minimum Gasteiger partial charge on any atom is -0.436 e. The Morgan fingerprint density at radius 1 is 1.35 bits per heavy atom. The van der Waals surface area contributed by atoms with E-state index in [0.29, 0.717) is 22.0 Å². The maximum Gasteiger partial charge on any atom is 0.260 e. The number of hydrogen-bond donors (Lipinski definition) is 0. The number of halogens is 1. The van der Waals surface area contributed by atoms with Crippen molar-refractivity contribution in [1.29, 1.82) is 0 Å². The molecule has 3 nitrogen and oxygen atoms in total. The van der Waals surface area contributed by atoms with E-state index < -0.39 is 5.82 Å². The molecule has 1 aromatic heterocycles. The lowest BCUT2D eigenvalue weighted by atomic mass is 10.2. The van der Waals surface area contributed by atoms with Crippen molar-refractivity contribution >= 4 is 18.0 Å². The first-order chi connectivity index (χ1) is 8.08. The molecule has 0 unspecified atom stereocenters. The third-order valence-corrected chi connectivity index (χ3v) is 3.06. The summed E-state index contributed by atoms with van der Waals surface area (Å²) in [5.74, 6) is 0.289. The van der Waals surface area contributed by atoms with Crippen molar-refractivity contribution in [2.75, 3.05) is 0 Å². The molecule has 2 aromatic rings. The fraction of sp³-hybridized carbons (Fsp3) is 0.167. The molecule has 0 atom stereocenters. The topological polar surface area (TPSA) is 43.1 Å². The van der Waals surface area contributed by atoms with Gasteiger partial charge in [-0.15, -0.1) is 0 Å². The summed E-state index contributed by atoms with van der Waals surface area (Å²) >= 11 is 1.19. The van der Waals surface area contributed by atoms with Crippen LogP contribution >= 0.6 is 11.8 Å². The highest BCUT2D eigenvalue weighted by Gasteiger charge is 2.09. The van der Waals surface area contributed by atoms with Gasteiger partial charge in [-0.3, -0.25) is 4.79 Å². The molecule has 0 spiro atoms. The van der Waals surface area contributed by atoms with Gasteiger partial charge < -0.3 is 4.42 Å². The van der Waals surface area contributed by atoms with Gasteiger partial charge in [0.25, 0.3) is 5.22 Å². The van der Waals surface area contributed by atoms with E-state index in [1.165, 1.54) is 23.9 Å². The number of aromatic nitrogens is 1. The molecule has 0 aliphatic heterocycles. The number of aldehydes is 1. The molecule has 0 amide bonds. The van der Waals surface area contributed by atoms with Crippen LogP contribution in [-0.2, 0) is 0 Å². The standard InChI is InChI=1S/C12H10FNO2S/c1-7-8(2)16-12(14-7)17-11-4-9(6-15)3-10(13)5-11/h3-6H,1-2H3. The second-order valence-electron chi connectivity index (χ2n) is 3.56. The summed E-state index contributed by atoms with van der Waals surface area (Å²) in [5, 5.41) is 0.447. The summed E-state index contributed by atoms with van der Waals surface area (Å²) in [5.41, 5.74) is 1.10. The highest BCUT2D eigenvalue weighted by Crippen LogP contribution is 2.29. The number of rotatable bonds is 3. The van der Waals surface area contributed by atoms with Crippen LogP contribution in [0.3, 0.4) is 0 Å². The van der Waals surface area contributed by atoms with Gasteiger partial charge in [0, 0.05) is 10.5 Å². The Balaban J connectivity index is 2.29. The molecule has 0 fully saturated rings. The zero-order chi connectivity index (χ0) is 12.4. The van der Waals surface area contributed by atoms with Gasteiger partial charge in [-0.25, -0.2) is 9.37 Å². The van der Waals surface area contributed by atoms with Gasteiger partial charge in [-0.05, 0) is 43.8 Å². The highest BCUT2D eigenvalue weighted by atomic mass is 32.2. The molecule has 1 heterocycles. The van der Waals surface area contributed by atoms with E-state index >= 15 is 0 Å². The van der Waals surface area contributed by atoms with Crippen molar-refractivity contribution in [3.8, 4) is 0 Å². The molecule has 0 saturated carbocycles. The average Bonchev–Trinajstić information content (AvgIpc) is 2.57. The molecule has 5 heteroatoms. The molecule has 0 bridgehead atoms. The van der Waals surface area contributed by atoms with Crippen LogP contribution in [0.2, 0.25) is 0 Å². The Morgan fingerprint density at radius 2 is 2.12 bits per heavy atom. The minimum absolute atomic E-state index is 0.299. The predicted octanol–water partition coefficient (Wildman–Crippen LogP) is 3.39. The monoisotopic (exact) mass is 251 g/mol. The van der Waals surface area contributed by atoms with Crippen LogP contribution in [0.25, 0.3) is 0 Å². The van der Waals surface area contributed by atoms with Gasteiger partial charge in [0.1, 0.15) is 17.9 Å². The van der Waals surface area contributed by atoms with E-state index in [1.807, 2.05) is 13.8 Å². The normalized spacial score (nSPS) is 10.5. The summed E-state index contributed by atoms with van der Waals surface area (Å²) in [7, 11) is 0. The molecule has 0 aliphatic carbocycles. The molecule has 88 valence electrons. The van der Waals surface area contributed by atoms with Gasteiger partial charge >= 0.3 is 0 Å². The van der Waals surface area contributed by atoms with Gasteiger partial charge in [-0.1, -0.05) is 0 Å². The lowest BCUT2D eigenvalue weighted by Gasteiger charge is -1.99. The fourth-order valence-electron chi connectivity index (χ4n) is 1.30. The number of oxazole rings is 1. The van der Waals surface area contributed by atoms with Crippen molar-refractivity contribution in [1.82, 2.24) is 4.98 Å². The van der Waals surface area contributed by atoms with Crippen molar-refractivity contribution in [3.63, 3.8) is 0 Å². The number of carbonyl (C=O) groups is 1. The maximum atomic E-state index is 13.2. The molecular formula is C12H10FNO2S. The van der Waals surface area contributed by atoms with Crippen LogP contribution in [0.15, 0.2) is 32.7 Å². The molecule has 0 radical (unpaired) electrons. The van der Waals surface area contributed by atoms with Gasteiger partial charge in [-0.2, -0.15) is 0 Å². The van der Waals surface area contributed by atoms with E-state index in [1.54, 1.807) is 6.07 Å². The second kappa shape index (κ2) is 4.71. The second-order valence-corrected chi connectivity index (χ2v) is 4.59. The number of hydrogen-bond acceptors (Lipinski definition) is 4. The lowest BCUT2D eigenvalue weighted by molar-refractivity contribution is 0.112. The zero-order valence-corrected chi connectivity index (χ0v) is 10.2. The third-order valence-electron chi connectivity index (χ3n) is 2.24. The summed E-state index contributed by atoms with van der Waals surface area (Å²) in [6.07, 6.45) is 0.610. The van der Waals surface area contributed by atoms with E-state index in [9.17, 15) is 9.18 Å². The van der Waals surface area contributed by atoms with Crippen molar-refractivity contribution in [2.45, 2.75) is 24.0 Å². The number of benzene rings is 1. The van der Waals surface area contributed by atoms with Gasteiger partial charge in [0.2, 0.25) is 0 Å². The van der Waals surface area contributed by atoms with E-state index in [4.69, 9.17) is 4.42 Å². The molecule has 0 aliphatic rings. The van der Waals surface area contributed by atoms with Crippen LogP contribution in [0.5, 0.6) is 0 Å². The fourth-order valence-corrected chi connectivity index (χ4v) is 2.22. The van der Waals surface area contributed by atoms with E-state index in [2.05, 4.69) is 4.98 Å². The van der Waals surface area contributed by atoms with Crippen LogP contribution in [0.1, 0.15) is 21.8 Å². The molecule has 0 N–H and O–H groups in total. The summed E-state index contributed by atoms with van der Waals surface area (Å²) < 4.78 is 18.6. The molecule has 0 saturated heterocycles. The van der Waals surface area contributed by atoms with Crippen LogP contribution in [0.4, 0.5) is 4.39 Å². The largest absolute Gasteiger partial charge is 0.436 e. The maximum absolute atomic E-state index is 13.2. The Kier molecular flexibility index (Phi) is 3.28. The van der Waals surface area contributed by atoms with Gasteiger partial charge in [0.05, 0.1) is 5.69 Å². The minimum atomic E-state index is -0.447. The predicted molar refractivity (Wildman–Crippen MR) is 61.9 cm³/mol. The summed E-state index contributed by atoms with van der Waals surface area (Å²) in [6, 6.07) is 4.12. The number of carbonyl (C=O) groups excluding carboxylic acids is 1. The first kappa shape index (κ1) is 11.9. The smallest absolute Gasteiger partial charge is 0.260 e. The average molecular weight is 251 g/mol. The summed E-state index contributed by atoms with van der Waals surface area (Å²) in [4.78, 5) is 15.4. The van der Waals surface area contributed by atoms with Crippen molar-refractivity contribution in [2.24, 2.45) is 0 Å². The Hall–Kier alpha value is -1.62. The first-order valence-corrected chi connectivity index (χ1v) is 5.78. The zero-order valence-electron chi connectivity index (χ0n) is 9.36.